The average Bonchev–Trinajstić information content (AvgIpc) is 2.38. The zero-order valence-electron chi connectivity index (χ0n) is 12.7. The van der Waals surface area contributed by atoms with Crippen LogP contribution in [0, 0.1) is 5.92 Å². The molecular formula is C17H27NO. The summed E-state index contributed by atoms with van der Waals surface area (Å²) in [6, 6.07) is 9.06. The summed E-state index contributed by atoms with van der Waals surface area (Å²) in [5.41, 5.74) is 1.66. The van der Waals surface area contributed by atoms with Gasteiger partial charge in [0.15, 0.2) is 0 Å². The van der Waals surface area contributed by atoms with Crippen LogP contribution in [0.4, 0.5) is 0 Å². The number of nitrogens with one attached hydrogen (secondary N) is 1. The minimum absolute atomic E-state index is 0.275. The van der Waals surface area contributed by atoms with Gasteiger partial charge in [0.25, 0.3) is 0 Å². The van der Waals surface area contributed by atoms with Crippen LogP contribution in [0.3, 0.4) is 0 Å². The van der Waals surface area contributed by atoms with Crippen LogP contribution in [-0.2, 0) is 5.41 Å². The topological polar surface area (TPSA) is 21.3 Å². The Morgan fingerprint density at radius 2 is 2.00 bits per heavy atom. The zero-order valence-corrected chi connectivity index (χ0v) is 12.7. The quantitative estimate of drug-likeness (QED) is 0.842. The van der Waals surface area contributed by atoms with Crippen LogP contribution in [0.1, 0.15) is 45.6 Å². The van der Waals surface area contributed by atoms with Crippen LogP contribution in [0.15, 0.2) is 24.3 Å². The summed E-state index contributed by atoms with van der Waals surface area (Å²) < 4.78 is 5.58. The number of benzene rings is 1. The van der Waals surface area contributed by atoms with E-state index in [4.69, 9.17) is 4.74 Å². The maximum Gasteiger partial charge on any atom is 0.122 e. The summed E-state index contributed by atoms with van der Waals surface area (Å²) in [6.07, 6.45) is 3.85. The molecule has 0 aliphatic heterocycles. The average molecular weight is 261 g/mol. The Morgan fingerprint density at radius 3 is 2.58 bits per heavy atom. The normalized spacial score (nSPS) is 26.3. The van der Waals surface area contributed by atoms with Gasteiger partial charge in [-0.2, -0.15) is 0 Å². The van der Waals surface area contributed by atoms with Crippen molar-refractivity contribution in [2.45, 2.75) is 51.5 Å². The van der Waals surface area contributed by atoms with E-state index in [0.717, 1.165) is 18.2 Å². The van der Waals surface area contributed by atoms with E-state index in [1.54, 1.807) is 7.11 Å². The molecule has 1 aliphatic rings. The SMILES string of the molecule is CCC1CC(CNC(C)C)(c2ccccc2OC)C1. The fourth-order valence-electron chi connectivity index (χ4n) is 3.28. The molecule has 0 heterocycles. The number of rotatable bonds is 6. The molecule has 1 aliphatic carbocycles. The van der Waals surface area contributed by atoms with Crippen molar-refractivity contribution >= 4 is 0 Å². The molecule has 0 spiro atoms. The molecule has 0 bridgehead atoms. The summed E-state index contributed by atoms with van der Waals surface area (Å²) in [7, 11) is 1.78. The van der Waals surface area contributed by atoms with Crippen LogP contribution in [-0.4, -0.2) is 19.7 Å². The van der Waals surface area contributed by atoms with Gasteiger partial charge in [0, 0.05) is 23.6 Å². The first-order chi connectivity index (χ1) is 9.11. The van der Waals surface area contributed by atoms with Crippen molar-refractivity contribution in [2.24, 2.45) is 5.92 Å². The molecule has 1 saturated carbocycles. The molecule has 2 heteroatoms. The van der Waals surface area contributed by atoms with Crippen LogP contribution in [0.2, 0.25) is 0 Å². The van der Waals surface area contributed by atoms with Crippen molar-refractivity contribution in [3.8, 4) is 5.75 Å². The second-order valence-corrected chi connectivity index (χ2v) is 6.20. The maximum absolute atomic E-state index is 5.58. The van der Waals surface area contributed by atoms with Gasteiger partial charge >= 0.3 is 0 Å². The summed E-state index contributed by atoms with van der Waals surface area (Å²) >= 11 is 0. The van der Waals surface area contributed by atoms with E-state index in [2.05, 4.69) is 50.4 Å². The second-order valence-electron chi connectivity index (χ2n) is 6.20. The van der Waals surface area contributed by atoms with Gasteiger partial charge in [0.1, 0.15) is 5.75 Å². The van der Waals surface area contributed by atoms with E-state index in [1.165, 1.54) is 24.8 Å². The third-order valence-electron chi connectivity index (χ3n) is 4.46. The first-order valence-electron chi connectivity index (χ1n) is 7.48. The minimum atomic E-state index is 0.275. The highest BCUT2D eigenvalue weighted by atomic mass is 16.5. The largest absolute Gasteiger partial charge is 0.496 e. The Morgan fingerprint density at radius 1 is 1.32 bits per heavy atom. The highest BCUT2D eigenvalue weighted by Crippen LogP contribution is 2.51. The lowest BCUT2D eigenvalue weighted by molar-refractivity contribution is 0.128. The lowest BCUT2D eigenvalue weighted by atomic mass is 9.57. The molecule has 1 N–H and O–H groups in total. The highest BCUT2D eigenvalue weighted by Gasteiger charge is 2.45. The molecule has 2 rings (SSSR count). The van der Waals surface area contributed by atoms with Gasteiger partial charge in [-0.05, 0) is 24.8 Å². The van der Waals surface area contributed by atoms with E-state index in [0.29, 0.717) is 6.04 Å². The number of para-hydroxylation sites is 1. The minimum Gasteiger partial charge on any atom is -0.496 e. The first-order valence-corrected chi connectivity index (χ1v) is 7.48. The summed E-state index contributed by atoms with van der Waals surface area (Å²) in [5, 5.41) is 3.63. The van der Waals surface area contributed by atoms with Crippen LogP contribution < -0.4 is 10.1 Å². The van der Waals surface area contributed by atoms with Gasteiger partial charge in [-0.1, -0.05) is 45.4 Å². The third kappa shape index (κ3) is 2.94. The third-order valence-corrected chi connectivity index (χ3v) is 4.46. The van der Waals surface area contributed by atoms with E-state index in [1.807, 2.05) is 0 Å². The number of methoxy groups -OCH3 is 1. The van der Waals surface area contributed by atoms with Crippen molar-refractivity contribution < 1.29 is 4.74 Å². The molecule has 0 saturated heterocycles. The van der Waals surface area contributed by atoms with Gasteiger partial charge in [-0.3, -0.25) is 0 Å². The molecule has 2 nitrogen and oxygen atoms in total. The molecule has 1 fully saturated rings. The van der Waals surface area contributed by atoms with Crippen molar-refractivity contribution in [2.75, 3.05) is 13.7 Å². The molecular weight excluding hydrogens is 234 g/mol. The molecule has 0 aromatic heterocycles. The van der Waals surface area contributed by atoms with Crippen LogP contribution in [0.25, 0.3) is 0 Å². The maximum atomic E-state index is 5.58. The van der Waals surface area contributed by atoms with Crippen molar-refractivity contribution in [3.05, 3.63) is 29.8 Å². The summed E-state index contributed by atoms with van der Waals surface area (Å²) in [4.78, 5) is 0. The predicted molar refractivity (Wildman–Crippen MR) is 80.8 cm³/mol. The van der Waals surface area contributed by atoms with E-state index < -0.39 is 0 Å². The fraction of sp³-hybridized carbons (Fsp3) is 0.647. The van der Waals surface area contributed by atoms with Crippen molar-refractivity contribution in [1.29, 1.82) is 0 Å². The predicted octanol–water partition coefficient (Wildman–Crippen LogP) is 3.75. The lowest BCUT2D eigenvalue weighted by Gasteiger charge is -2.49. The molecule has 19 heavy (non-hydrogen) atoms. The Balaban J connectivity index is 2.23. The second kappa shape index (κ2) is 5.96. The Labute approximate surface area is 117 Å². The monoisotopic (exact) mass is 261 g/mol. The molecule has 0 unspecified atom stereocenters. The van der Waals surface area contributed by atoms with E-state index >= 15 is 0 Å². The Kier molecular flexibility index (Phi) is 4.51. The van der Waals surface area contributed by atoms with Gasteiger partial charge in [0.05, 0.1) is 7.11 Å². The smallest absolute Gasteiger partial charge is 0.122 e. The van der Waals surface area contributed by atoms with E-state index in [9.17, 15) is 0 Å². The van der Waals surface area contributed by atoms with Gasteiger partial charge in [-0.15, -0.1) is 0 Å². The van der Waals surface area contributed by atoms with E-state index in [-0.39, 0.29) is 5.41 Å². The number of hydrogen-bond donors (Lipinski definition) is 1. The van der Waals surface area contributed by atoms with Crippen LogP contribution in [0.5, 0.6) is 5.75 Å². The molecule has 0 atom stereocenters. The molecule has 1 aromatic carbocycles. The Hall–Kier alpha value is -1.02. The number of ether oxygens (including phenoxy) is 1. The van der Waals surface area contributed by atoms with Gasteiger partial charge in [-0.25, -0.2) is 0 Å². The lowest BCUT2D eigenvalue weighted by Crippen LogP contribution is -2.50. The molecule has 0 radical (unpaired) electrons. The number of hydrogen-bond acceptors (Lipinski definition) is 2. The van der Waals surface area contributed by atoms with Gasteiger partial charge in [0.2, 0.25) is 0 Å². The van der Waals surface area contributed by atoms with Gasteiger partial charge < -0.3 is 10.1 Å². The molecule has 0 amide bonds. The van der Waals surface area contributed by atoms with Crippen molar-refractivity contribution in [3.63, 3.8) is 0 Å². The standard InChI is InChI=1S/C17H27NO/c1-5-14-10-17(11-14,12-18-13(2)3)15-8-6-7-9-16(15)19-4/h6-9,13-14,18H,5,10-12H2,1-4H3. The fourth-order valence-corrected chi connectivity index (χ4v) is 3.28. The Bertz CT molecular complexity index is 407. The zero-order chi connectivity index (χ0) is 13.9. The summed E-state index contributed by atoms with van der Waals surface area (Å²) in [5.74, 6) is 1.92. The summed E-state index contributed by atoms with van der Waals surface area (Å²) in [6.45, 7) is 7.78. The van der Waals surface area contributed by atoms with Crippen LogP contribution >= 0.6 is 0 Å². The highest BCUT2D eigenvalue weighted by molar-refractivity contribution is 5.42. The molecule has 106 valence electrons. The first kappa shape index (κ1) is 14.4. The van der Waals surface area contributed by atoms with Crippen molar-refractivity contribution in [1.82, 2.24) is 5.32 Å². The molecule has 1 aromatic rings.